The summed E-state index contributed by atoms with van der Waals surface area (Å²) >= 11 is 6.17. The molecule has 0 saturated carbocycles. The van der Waals surface area contributed by atoms with E-state index in [2.05, 4.69) is 10.6 Å². The second-order valence-corrected chi connectivity index (χ2v) is 8.34. The Morgan fingerprint density at radius 1 is 1.22 bits per heavy atom. The summed E-state index contributed by atoms with van der Waals surface area (Å²) in [6.45, 7) is 2.71. The maximum Gasteiger partial charge on any atom is 0.323 e. The number of nitrogens with one attached hydrogen (secondary N) is 2. The number of hydrogen-bond acceptors (Lipinski definition) is 4. The minimum atomic E-state index is -3.36. The highest BCUT2D eigenvalue weighted by Gasteiger charge is 2.30. The molecule has 0 aliphatic carbocycles. The van der Waals surface area contributed by atoms with E-state index >= 15 is 0 Å². The van der Waals surface area contributed by atoms with Gasteiger partial charge in [0.25, 0.3) is 0 Å². The van der Waals surface area contributed by atoms with Gasteiger partial charge in [0.2, 0.25) is 10.0 Å². The van der Waals surface area contributed by atoms with Crippen LogP contribution in [0.25, 0.3) is 0 Å². The molecule has 0 unspecified atom stereocenters. The zero-order valence-electron chi connectivity index (χ0n) is 14.7. The van der Waals surface area contributed by atoms with E-state index in [1.165, 1.54) is 4.31 Å². The first-order chi connectivity index (χ1) is 12.9. The molecule has 27 heavy (non-hydrogen) atoms. The predicted octanol–water partition coefficient (Wildman–Crippen LogP) is 3.92. The Balaban J connectivity index is 1.76. The van der Waals surface area contributed by atoms with Gasteiger partial charge in [-0.05, 0) is 43.7 Å². The fourth-order valence-electron chi connectivity index (χ4n) is 2.83. The lowest BCUT2D eigenvalue weighted by Gasteiger charge is -2.19. The number of amides is 2. The van der Waals surface area contributed by atoms with Crippen molar-refractivity contribution >= 4 is 44.7 Å². The highest BCUT2D eigenvalue weighted by atomic mass is 35.5. The van der Waals surface area contributed by atoms with Crippen molar-refractivity contribution in [3.8, 4) is 5.75 Å². The van der Waals surface area contributed by atoms with Crippen molar-refractivity contribution in [2.75, 3.05) is 33.8 Å². The van der Waals surface area contributed by atoms with Gasteiger partial charge in [-0.1, -0.05) is 23.7 Å². The Morgan fingerprint density at radius 3 is 2.70 bits per heavy atom. The van der Waals surface area contributed by atoms with Crippen LogP contribution in [0.2, 0.25) is 5.02 Å². The van der Waals surface area contributed by atoms with E-state index in [0.29, 0.717) is 47.4 Å². The smallest absolute Gasteiger partial charge is 0.323 e. The maximum absolute atomic E-state index is 12.3. The second-order valence-electron chi connectivity index (χ2n) is 5.92. The first kappa shape index (κ1) is 19.3. The normalized spacial score (nSPS) is 15.4. The van der Waals surface area contributed by atoms with Crippen LogP contribution in [0.1, 0.15) is 13.3 Å². The highest BCUT2D eigenvalue weighted by molar-refractivity contribution is 7.93. The molecule has 9 heteroatoms. The molecule has 0 spiro atoms. The lowest BCUT2D eigenvalue weighted by atomic mass is 10.2. The number of para-hydroxylation sites is 2. The fraction of sp³-hybridized carbons (Fsp3) is 0.278. The van der Waals surface area contributed by atoms with E-state index < -0.39 is 16.1 Å². The average Bonchev–Trinajstić information content (AvgIpc) is 2.97. The summed E-state index contributed by atoms with van der Waals surface area (Å²) in [5.74, 6) is 0.658. The summed E-state index contributed by atoms with van der Waals surface area (Å²) in [6, 6.07) is 11.4. The van der Waals surface area contributed by atoms with Gasteiger partial charge in [0, 0.05) is 12.2 Å². The quantitative estimate of drug-likeness (QED) is 0.783. The van der Waals surface area contributed by atoms with Gasteiger partial charge in [-0.2, -0.15) is 0 Å². The van der Waals surface area contributed by atoms with Crippen LogP contribution in [-0.4, -0.2) is 33.4 Å². The van der Waals surface area contributed by atoms with Gasteiger partial charge in [0.1, 0.15) is 5.75 Å². The number of carbonyl (C=O) groups excluding carboxylic acids is 1. The van der Waals surface area contributed by atoms with Gasteiger partial charge in [0.15, 0.2) is 0 Å². The van der Waals surface area contributed by atoms with Crippen LogP contribution in [-0.2, 0) is 10.0 Å². The number of hydrogen-bond donors (Lipinski definition) is 2. The molecule has 2 N–H and O–H groups in total. The van der Waals surface area contributed by atoms with Gasteiger partial charge in [-0.15, -0.1) is 0 Å². The molecule has 1 aliphatic rings. The van der Waals surface area contributed by atoms with Crippen molar-refractivity contribution in [3.05, 3.63) is 47.5 Å². The molecule has 0 aromatic heterocycles. The first-order valence-corrected chi connectivity index (χ1v) is 10.5. The summed E-state index contributed by atoms with van der Waals surface area (Å²) in [6.07, 6.45) is 0.547. The Morgan fingerprint density at radius 2 is 2.00 bits per heavy atom. The van der Waals surface area contributed by atoms with E-state index in [9.17, 15) is 13.2 Å². The predicted molar refractivity (Wildman–Crippen MR) is 107 cm³/mol. The van der Waals surface area contributed by atoms with Crippen molar-refractivity contribution < 1.29 is 17.9 Å². The molecule has 1 saturated heterocycles. The van der Waals surface area contributed by atoms with Gasteiger partial charge in [-0.3, -0.25) is 4.31 Å². The molecule has 2 aromatic carbocycles. The molecule has 2 aromatic rings. The summed E-state index contributed by atoms with van der Waals surface area (Å²) in [5, 5.41) is 5.73. The summed E-state index contributed by atoms with van der Waals surface area (Å²) < 4.78 is 31.0. The molecule has 3 rings (SSSR count). The van der Waals surface area contributed by atoms with E-state index in [4.69, 9.17) is 16.3 Å². The molecule has 0 atom stereocenters. The summed E-state index contributed by atoms with van der Waals surface area (Å²) in [4.78, 5) is 12.3. The topological polar surface area (TPSA) is 87.7 Å². The second kappa shape index (κ2) is 8.06. The van der Waals surface area contributed by atoms with Crippen molar-refractivity contribution in [2.45, 2.75) is 13.3 Å². The molecule has 1 aliphatic heterocycles. The molecule has 7 nitrogen and oxygen atoms in total. The van der Waals surface area contributed by atoms with Crippen LogP contribution in [0.5, 0.6) is 5.75 Å². The third kappa shape index (κ3) is 4.45. The Bertz CT molecular complexity index is 949. The van der Waals surface area contributed by atoms with Crippen LogP contribution in [0.3, 0.4) is 0 Å². The Kier molecular flexibility index (Phi) is 5.76. The number of benzene rings is 2. The number of urea groups is 1. The monoisotopic (exact) mass is 409 g/mol. The molecular formula is C18H20ClN3O4S. The molecule has 144 valence electrons. The number of anilines is 3. The number of sulfonamides is 1. The summed E-state index contributed by atoms with van der Waals surface area (Å²) in [5.41, 5.74) is 1.33. The molecule has 0 radical (unpaired) electrons. The van der Waals surface area contributed by atoms with E-state index in [0.717, 1.165) is 0 Å². The van der Waals surface area contributed by atoms with E-state index in [-0.39, 0.29) is 5.75 Å². The summed E-state index contributed by atoms with van der Waals surface area (Å²) in [7, 11) is -3.36. The minimum Gasteiger partial charge on any atom is -0.492 e. The van der Waals surface area contributed by atoms with Crippen molar-refractivity contribution in [3.63, 3.8) is 0 Å². The highest BCUT2D eigenvalue weighted by Crippen LogP contribution is 2.33. The van der Waals surface area contributed by atoms with E-state index in [1.54, 1.807) is 36.4 Å². The molecule has 1 heterocycles. The van der Waals surface area contributed by atoms with Gasteiger partial charge in [0.05, 0.1) is 28.8 Å². The number of nitrogens with zero attached hydrogens (tertiary/aromatic N) is 1. The van der Waals surface area contributed by atoms with Crippen molar-refractivity contribution in [1.82, 2.24) is 0 Å². The van der Waals surface area contributed by atoms with Gasteiger partial charge >= 0.3 is 6.03 Å². The standard InChI is InChI=1S/C18H20ClN3O4S/c1-2-26-17-7-4-3-6-15(17)21-18(23)20-13-8-9-14(19)16(12-13)22-10-5-11-27(22,24)25/h3-4,6-9,12H,2,5,10-11H2,1H3,(H2,20,21,23). The molecule has 1 fully saturated rings. The number of rotatable bonds is 5. The fourth-order valence-corrected chi connectivity index (χ4v) is 4.67. The van der Waals surface area contributed by atoms with Crippen LogP contribution >= 0.6 is 11.6 Å². The number of halogens is 1. The lowest BCUT2D eigenvalue weighted by Crippen LogP contribution is -2.26. The molecule has 2 amide bonds. The largest absolute Gasteiger partial charge is 0.492 e. The Labute approximate surface area is 163 Å². The lowest BCUT2D eigenvalue weighted by molar-refractivity contribution is 0.262. The SMILES string of the molecule is CCOc1ccccc1NC(=O)Nc1ccc(Cl)c(N2CCCS2(=O)=O)c1. The first-order valence-electron chi connectivity index (χ1n) is 8.50. The zero-order valence-corrected chi connectivity index (χ0v) is 16.3. The third-order valence-corrected chi connectivity index (χ3v) is 6.18. The minimum absolute atomic E-state index is 0.0929. The molecule has 0 bridgehead atoms. The number of ether oxygens (including phenoxy) is 1. The number of carbonyl (C=O) groups is 1. The third-order valence-electron chi connectivity index (χ3n) is 4.01. The molecular weight excluding hydrogens is 390 g/mol. The van der Waals surface area contributed by atoms with Crippen LogP contribution in [0.4, 0.5) is 21.9 Å². The zero-order chi connectivity index (χ0) is 19.4. The van der Waals surface area contributed by atoms with Crippen LogP contribution in [0.15, 0.2) is 42.5 Å². The maximum atomic E-state index is 12.3. The van der Waals surface area contributed by atoms with Gasteiger partial charge < -0.3 is 15.4 Å². The van der Waals surface area contributed by atoms with Crippen LogP contribution in [0, 0.1) is 0 Å². The van der Waals surface area contributed by atoms with E-state index in [1.807, 2.05) is 13.0 Å². The van der Waals surface area contributed by atoms with Crippen molar-refractivity contribution in [2.24, 2.45) is 0 Å². The Hall–Kier alpha value is -2.45. The van der Waals surface area contributed by atoms with Crippen molar-refractivity contribution in [1.29, 1.82) is 0 Å². The van der Waals surface area contributed by atoms with Crippen LogP contribution < -0.4 is 19.7 Å². The van der Waals surface area contributed by atoms with Gasteiger partial charge in [-0.25, -0.2) is 13.2 Å². The average molecular weight is 410 g/mol.